The number of amides is 2. The van der Waals surface area contributed by atoms with Crippen LogP contribution < -0.4 is 10.7 Å². The van der Waals surface area contributed by atoms with Crippen molar-refractivity contribution >= 4 is 56.2 Å². The van der Waals surface area contributed by atoms with Gasteiger partial charge in [-0.25, -0.2) is 5.43 Å². The second kappa shape index (κ2) is 9.84. The molecule has 0 radical (unpaired) electrons. The Morgan fingerprint density at radius 1 is 1.06 bits per heavy atom. The van der Waals surface area contributed by atoms with E-state index in [9.17, 15) is 9.59 Å². The number of aryl methyl sites for hydroxylation is 1. The Hall–Kier alpha value is -2.70. The van der Waals surface area contributed by atoms with Gasteiger partial charge in [-0.3, -0.25) is 9.59 Å². The Balaban J connectivity index is 1.40. The number of rotatable bonds is 5. The first-order valence-electron chi connectivity index (χ1n) is 10.9. The molecule has 2 aromatic carbocycles. The van der Waals surface area contributed by atoms with Crippen molar-refractivity contribution in [3.05, 3.63) is 63.5 Å². The van der Waals surface area contributed by atoms with Gasteiger partial charge in [-0.05, 0) is 56.0 Å². The predicted octanol–water partition coefficient (Wildman–Crippen LogP) is 6.54. The maximum atomic E-state index is 12.6. The minimum Gasteiger partial charge on any atom is -0.326 e. The van der Waals surface area contributed by atoms with Gasteiger partial charge in [0, 0.05) is 21.7 Å². The van der Waals surface area contributed by atoms with E-state index in [1.807, 2.05) is 56.3 Å². The zero-order chi connectivity index (χ0) is 22.7. The lowest BCUT2D eigenvalue weighted by atomic mass is 9.88. The number of carbonyl (C=O) groups is 2. The molecule has 1 aliphatic rings. The summed E-state index contributed by atoms with van der Waals surface area (Å²) in [7, 11) is 0. The van der Waals surface area contributed by atoms with Crippen molar-refractivity contribution in [1.82, 2.24) is 5.43 Å². The summed E-state index contributed by atoms with van der Waals surface area (Å²) in [5.41, 5.74) is 6.02. The first-order chi connectivity index (χ1) is 15.4. The number of thiophene rings is 1. The molecule has 0 bridgehead atoms. The van der Waals surface area contributed by atoms with Crippen molar-refractivity contribution in [3.8, 4) is 0 Å². The molecule has 0 spiro atoms. The van der Waals surface area contributed by atoms with Crippen LogP contribution in [-0.4, -0.2) is 17.5 Å². The van der Waals surface area contributed by atoms with Gasteiger partial charge < -0.3 is 5.32 Å². The summed E-state index contributed by atoms with van der Waals surface area (Å²) in [5, 5.41) is 8.58. The molecule has 2 N–H and O–H groups in total. The quantitative estimate of drug-likeness (QED) is 0.330. The van der Waals surface area contributed by atoms with E-state index in [1.54, 1.807) is 0 Å². The summed E-state index contributed by atoms with van der Waals surface area (Å²) in [5.74, 6) is -0.110. The highest BCUT2D eigenvalue weighted by Gasteiger charge is 2.21. The van der Waals surface area contributed by atoms with E-state index >= 15 is 0 Å². The summed E-state index contributed by atoms with van der Waals surface area (Å²) in [6, 6.07) is 13.4. The number of anilines is 1. The maximum Gasteiger partial charge on any atom is 0.283 e. The van der Waals surface area contributed by atoms with Gasteiger partial charge in [0.1, 0.15) is 4.88 Å². The third kappa shape index (κ3) is 5.03. The Bertz CT molecular complexity index is 1180. The van der Waals surface area contributed by atoms with Crippen molar-refractivity contribution in [2.75, 3.05) is 5.32 Å². The van der Waals surface area contributed by atoms with Crippen LogP contribution in [0.5, 0.6) is 0 Å². The molecule has 1 aromatic heterocycles. The minimum absolute atomic E-state index is 0.102. The van der Waals surface area contributed by atoms with Crippen LogP contribution in [0.25, 0.3) is 10.1 Å². The van der Waals surface area contributed by atoms with E-state index in [0.29, 0.717) is 15.6 Å². The monoisotopic (exact) mass is 467 g/mol. The zero-order valence-electron chi connectivity index (χ0n) is 18.2. The lowest BCUT2D eigenvalue weighted by molar-refractivity contribution is -0.120. The first-order valence-corrected chi connectivity index (χ1v) is 12.1. The Labute approximate surface area is 196 Å². The van der Waals surface area contributed by atoms with E-state index in [-0.39, 0.29) is 17.7 Å². The van der Waals surface area contributed by atoms with E-state index in [4.69, 9.17) is 11.6 Å². The molecule has 5 nitrogen and oxygen atoms in total. The Morgan fingerprint density at radius 2 is 1.78 bits per heavy atom. The smallest absolute Gasteiger partial charge is 0.283 e. The molecule has 3 aromatic rings. The van der Waals surface area contributed by atoms with Crippen LogP contribution in [0.2, 0.25) is 5.02 Å². The van der Waals surface area contributed by atoms with Crippen LogP contribution in [0, 0.1) is 12.8 Å². The summed E-state index contributed by atoms with van der Waals surface area (Å²) < 4.78 is 0.978. The lowest BCUT2D eigenvalue weighted by Crippen LogP contribution is -2.24. The van der Waals surface area contributed by atoms with Gasteiger partial charge >= 0.3 is 0 Å². The first kappa shape index (κ1) is 22.5. The van der Waals surface area contributed by atoms with Crippen molar-refractivity contribution in [2.24, 2.45) is 11.0 Å². The lowest BCUT2D eigenvalue weighted by Gasteiger charge is -2.20. The predicted molar refractivity (Wildman–Crippen MR) is 133 cm³/mol. The Kier molecular flexibility index (Phi) is 6.92. The summed E-state index contributed by atoms with van der Waals surface area (Å²) >= 11 is 7.78. The normalized spacial score (nSPS) is 15.0. The molecule has 0 atom stereocenters. The number of fused-ring (bicyclic) bond motifs is 1. The summed E-state index contributed by atoms with van der Waals surface area (Å²) in [4.78, 5) is 25.5. The highest BCUT2D eigenvalue weighted by molar-refractivity contribution is 7.21. The fourth-order valence-electron chi connectivity index (χ4n) is 3.97. The van der Waals surface area contributed by atoms with Gasteiger partial charge in [-0.2, -0.15) is 5.10 Å². The van der Waals surface area contributed by atoms with Gasteiger partial charge in [0.2, 0.25) is 5.91 Å². The van der Waals surface area contributed by atoms with Gasteiger partial charge in [0.05, 0.1) is 10.7 Å². The van der Waals surface area contributed by atoms with Crippen molar-refractivity contribution in [3.63, 3.8) is 0 Å². The number of carbonyl (C=O) groups excluding carboxylic acids is 2. The molecule has 1 saturated carbocycles. The molecule has 0 aliphatic heterocycles. The molecular formula is C25H26ClN3O2S. The molecule has 1 heterocycles. The van der Waals surface area contributed by atoms with Gasteiger partial charge in [0.25, 0.3) is 5.91 Å². The SMILES string of the molecule is C/C(=N/NC(=O)c1sc2cc(C)ccc2c1Cl)c1ccc(NC(=O)C2CCCCC2)cc1. The van der Waals surface area contributed by atoms with Crippen molar-refractivity contribution in [2.45, 2.75) is 46.0 Å². The van der Waals surface area contributed by atoms with Crippen LogP contribution in [-0.2, 0) is 4.79 Å². The van der Waals surface area contributed by atoms with E-state index < -0.39 is 0 Å². The van der Waals surface area contributed by atoms with Crippen LogP contribution >= 0.6 is 22.9 Å². The topological polar surface area (TPSA) is 70.6 Å². The van der Waals surface area contributed by atoms with E-state index in [1.165, 1.54) is 17.8 Å². The van der Waals surface area contributed by atoms with Crippen molar-refractivity contribution in [1.29, 1.82) is 0 Å². The number of benzene rings is 2. The third-order valence-electron chi connectivity index (χ3n) is 5.86. The van der Waals surface area contributed by atoms with Gasteiger partial charge in [-0.1, -0.05) is 55.1 Å². The summed E-state index contributed by atoms with van der Waals surface area (Å²) in [6.07, 6.45) is 5.43. The standard InChI is InChI=1S/C25H26ClN3O2S/c1-15-8-13-20-21(14-15)32-23(22(20)26)25(31)29-28-16(2)17-9-11-19(12-10-17)27-24(30)18-6-4-3-5-7-18/h8-14,18H,3-7H2,1-2H3,(H,27,30)(H,29,31)/b28-16-. The molecular weight excluding hydrogens is 442 g/mol. The fourth-order valence-corrected chi connectivity index (χ4v) is 5.48. The van der Waals surface area contributed by atoms with Crippen LogP contribution in [0.1, 0.15) is 59.8 Å². The molecule has 0 unspecified atom stereocenters. The van der Waals surface area contributed by atoms with Crippen LogP contribution in [0.4, 0.5) is 5.69 Å². The summed E-state index contributed by atoms with van der Waals surface area (Å²) in [6.45, 7) is 3.83. The Morgan fingerprint density at radius 3 is 2.50 bits per heavy atom. The van der Waals surface area contributed by atoms with Crippen LogP contribution in [0.3, 0.4) is 0 Å². The fraction of sp³-hybridized carbons (Fsp3) is 0.320. The van der Waals surface area contributed by atoms with Gasteiger partial charge in [0.15, 0.2) is 0 Å². The second-order valence-electron chi connectivity index (χ2n) is 8.28. The maximum absolute atomic E-state index is 12.6. The molecule has 166 valence electrons. The highest BCUT2D eigenvalue weighted by atomic mass is 35.5. The minimum atomic E-state index is -0.329. The number of hydrogen-bond donors (Lipinski definition) is 2. The number of nitrogens with one attached hydrogen (secondary N) is 2. The van der Waals surface area contributed by atoms with E-state index in [2.05, 4.69) is 15.8 Å². The zero-order valence-corrected chi connectivity index (χ0v) is 19.8. The number of hydrazone groups is 1. The van der Waals surface area contributed by atoms with Crippen molar-refractivity contribution < 1.29 is 9.59 Å². The second-order valence-corrected chi connectivity index (χ2v) is 9.71. The molecule has 1 fully saturated rings. The largest absolute Gasteiger partial charge is 0.326 e. The molecule has 2 amide bonds. The number of hydrogen-bond acceptors (Lipinski definition) is 4. The molecule has 7 heteroatoms. The van der Waals surface area contributed by atoms with E-state index in [0.717, 1.165) is 52.6 Å². The molecule has 1 aliphatic carbocycles. The van der Waals surface area contributed by atoms with Gasteiger partial charge in [-0.15, -0.1) is 11.3 Å². The molecule has 4 rings (SSSR count). The highest BCUT2D eigenvalue weighted by Crippen LogP contribution is 2.35. The third-order valence-corrected chi connectivity index (χ3v) is 7.52. The average molecular weight is 468 g/mol. The average Bonchev–Trinajstić information content (AvgIpc) is 3.13. The number of nitrogens with zero attached hydrogens (tertiary/aromatic N) is 1. The molecule has 32 heavy (non-hydrogen) atoms. The number of halogens is 1. The molecule has 0 saturated heterocycles. The van der Waals surface area contributed by atoms with Crippen LogP contribution in [0.15, 0.2) is 47.6 Å².